The second-order valence-electron chi connectivity index (χ2n) is 8.39. The molecule has 180 valence electrons. The molecule has 11 nitrogen and oxygen atoms in total. The van der Waals surface area contributed by atoms with Gasteiger partial charge in [-0.3, -0.25) is 5.01 Å². The fraction of sp³-hybridized carbons (Fsp3) is 0.391. The molecular formula is C23H31N9O2. The van der Waals surface area contributed by atoms with Crippen LogP contribution in [0.4, 0.5) is 11.4 Å². The molecule has 0 aliphatic carbocycles. The Balaban J connectivity index is 2.03. The van der Waals surface area contributed by atoms with Crippen LogP contribution in [0.5, 0.6) is 0 Å². The number of anilines is 2. The van der Waals surface area contributed by atoms with E-state index in [1.807, 2.05) is 13.0 Å². The quantitative estimate of drug-likeness (QED) is 0.257. The van der Waals surface area contributed by atoms with Gasteiger partial charge in [0.2, 0.25) is 0 Å². The third-order valence-electron chi connectivity index (χ3n) is 5.63. The maximum absolute atomic E-state index is 9.60. The van der Waals surface area contributed by atoms with E-state index < -0.39 is 11.7 Å². The predicted molar refractivity (Wildman–Crippen MR) is 131 cm³/mol. The van der Waals surface area contributed by atoms with Crippen LogP contribution in [0.15, 0.2) is 42.6 Å². The lowest BCUT2D eigenvalue weighted by Gasteiger charge is -2.29. The SMILES string of the molecule is CCC(C)(CNc1cc(-n2ncc3cc(C#N)cnc32)ncc1N(N)/C=C(\N)CC(C)O)OC. The van der Waals surface area contributed by atoms with Gasteiger partial charge in [0.15, 0.2) is 11.5 Å². The lowest BCUT2D eigenvalue weighted by Crippen LogP contribution is -2.36. The van der Waals surface area contributed by atoms with Crippen molar-refractivity contribution in [2.75, 3.05) is 24.0 Å². The molecule has 3 heterocycles. The number of fused-ring (bicyclic) bond motifs is 1. The summed E-state index contributed by atoms with van der Waals surface area (Å²) in [5.41, 5.74) is 8.34. The van der Waals surface area contributed by atoms with Crippen molar-refractivity contribution < 1.29 is 9.84 Å². The summed E-state index contributed by atoms with van der Waals surface area (Å²) in [6, 6.07) is 5.61. The van der Waals surface area contributed by atoms with Gasteiger partial charge in [0.1, 0.15) is 6.07 Å². The number of nitriles is 1. The van der Waals surface area contributed by atoms with Crippen LogP contribution < -0.4 is 21.9 Å². The lowest BCUT2D eigenvalue weighted by atomic mass is 10.0. The minimum Gasteiger partial charge on any atom is -0.401 e. The second-order valence-corrected chi connectivity index (χ2v) is 8.39. The summed E-state index contributed by atoms with van der Waals surface area (Å²) in [6.07, 6.45) is 6.80. The third-order valence-corrected chi connectivity index (χ3v) is 5.63. The van der Waals surface area contributed by atoms with Crippen LogP contribution in [0.25, 0.3) is 16.9 Å². The van der Waals surface area contributed by atoms with Crippen molar-refractivity contribution in [2.45, 2.75) is 45.3 Å². The molecule has 0 saturated heterocycles. The molecule has 3 rings (SSSR count). The Hall–Kier alpha value is -3.72. The van der Waals surface area contributed by atoms with Gasteiger partial charge in [-0.15, -0.1) is 0 Å². The van der Waals surface area contributed by atoms with Crippen molar-refractivity contribution >= 4 is 22.4 Å². The second kappa shape index (κ2) is 10.5. The molecular weight excluding hydrogens is 434 g/mol. The molecule has 0 radical (unpaired) electrons. The Labute approximate surface area is 198 Å². The molecule has 11 heteroatoms. The first kappa shape index (κ1) is 24.9. The van der Waals surface area contributed by atoms with Gasteiger partial charge in [0.05, 0.1) is 41.0 Å². The molecule has 0 saturated carbocycles. The highest BCUT2D eigenvalue weighted by atomic mass is 16.5. The zero-order valence-corrected chi connectivity index (χ0v) is 19.9. The number of nitrogens with two attached hydrogens (primary N) is 2. The van der Waals surface area contributed by atoms with Crippen molar-refractivity contribution in [1.82, 2.24) is 19.7 Å². The number of aromatic nitrogens is 4. The Morgan fingerprint density at radius 3 is 2.79 bits per heavy atom. The van der Waals surface area contributed by atoms with Crippen LogP contribution >= 0.6 is 0 Å². The zero-order valence-electron chi connectivity index (χ0n) is 19.9. The summed E-state index contributed by atoms with van der Waals surface area (Å²) in [5.74, 6) is 6.80. The number of hydrogen-bond donors (Lipinski definition) is 4. The maximum Gasteiger partial charge on any atom is 0.164 e. The average molecular weight is 466 g/mol. The van der Waals surface area contributed by atoms with Crippen LogP contribution in [-0.4, -0.2) is 50.2 Å². The Morgan fingerprint density at radius 1 is 1.38 bits per heavy atom. The molecule has 0 aliphatic rings. The summed E-state index contributed by atoms with van der Waals surface area (Å²) >= 11 is 0. The summed E-state index contributed by atoms with van der Waals surface area (Å²) in [4.78, 5) is 8.90. The monoisotopic (exact) mass is 465 g/mol. The number of aliphatic hydroxyl groups excluding tert-OH is 1. The van der Waals surface area contributed by atoms with Crippen molar-refractivity contribution in [3.8, 4) is 11.9 Å². The fourth-order valence-corrected chi connectivity index (χ4v) is 3.32. The first-order valence-electron chi connectivity index (χ1n) is 10.9. The van der Waals surface area contributed by atoms with Crippen LogP contribution in [-0.2, 0) is 4.74 Å². The number of nitrogens with one attached hydrogen (secondary N) is 1. The number of rotatable bonds is 10. The summed E-state index contributed by atoms with van der Waals surface area (Å²) in [6.45, 7) is 6.24. The molecule has 3 aromatic heterocycles. The van der Waals surface area contributed by atoms with Gasteiger partial charge in [-0.25, -0.2) is 15.8 Å². The molecule has 0 fully saturated rings. The normalized spacial score (nSPS) is 14.4. The van der Waals surface area contributed by atoms with Gasteiger partial charge < -0.3 is 20.9 Å². The average Bonchev–Trinajstić information content (AvgIpc) is 3.24. The molecule has 0 bridgehead atoms. The first-order valence-corrected chi connectivity index (χ1v) is 10.9. The number of hydrogen-bond acceptors (Lipinski definition) is 10. The highest BCUT2D eigenvalue weighted by Gasteiger charge is 2.22. The van der Waals surface area contributed by atoms with Gasteiger partial charge in [-0.1, -0.05) is 6.92 Å². The Bertz CT molecular complexity index is 1210. The van der Waals surface area contributed by atoms with Gasteiger partial charge in [0.25, 0.3) is 0 Å². The number of hydrazine groups is 1. The molecule has 2 unspecified atom stereocenters. The number of aliphatic hydroxyl groups is 1. The van der Waals surface area contributed by atoms with E-state index in [0.29, 0.717) is 40.6 Å². The number of pyridine rings is 2. The minimum absolute atomic E-state index is 0.287. The molecule has 3 aromatic rings. The van der Waals surface area contributed by atoms with Gasteiger partial charge in [-0.05, 0) is 26.3 Å². The van der Waals surface area contributed by atoms with E-state index in [9.17, 15) is 5.11 Å². The van der Waals surface area contributed by atoms with E-state index >= 15 is 0 Å². The van der Waals surface area contributed by atoms with E-state index in [0.717, 1.165) is 11.8 Å². The van der Waals surface area contributed by atoms with Gasteiger partial charge >= 0.3 is 0 Å². The Kier molecular flexibility index (Phi) is 7.68. The third kappa shape index (κ3) is 5.60. The summed E-state index contributed by atoms with van der Waals surface area (Å²) in [5, 5.41) is 28.6. The topological polar surface area (TPSA) is 164 Å². The van der Waals surface area contributed by atoms with Crippen LogP contribution in [0.3, 0.4) is 0 Å². The van der Waals surface area contributed by atoms with Gasteiger partial charge in [-0.2, -0.15) is 15.0 Å². The van der Waals surface area contributed by atoms with E-state index in [1.54, 1.807) is 43.4 Å². The lowest BCUT2D eigenvalue weighted by molar-refractivity contribution is 0.0144. The fourth-order valence-electron chi connectivity index (χ4n) is 3.32. The molecule has 0 amide bonds. The molecule has 0 spiro atoms. The molecule has 6 N–H and O–H groups in total. The van der Waals surface area contributed by atoms with E-state index in [2.05, 4.69) is 33.4 Å². The van der Waals surface area contributed by atoms with E-state index in [4.69, 9.17) is 21.6 Å². The van der Waals surface area contributed by atoms with Crippen molar-refractivity contribution in [3.05, 3.63) is 48.2 Å². The Morgan fingerprint density at radius 2 is 2.15 bits per heavy atom. The van der Waals surface area contributed by atoms with Crippen molar-refractivity contribution in [1.29, 1.82) is 5.26 Å². The highest BCUT2D eigenvalue weighted by Crippen LogP contribution is 2.28. The summed E-state index contributed by atoms with van der Waals surface area (Å²) < 4.78 is 7.26. The molecule has 0 aliphatic heterocycles. The zero-order chi connectivity index (χ0) is 24.9. The maximum atomic E-state index is 9.60. The number of methoxy groups -OCH3 is 1. The molecule has 2 atom stereocenters. The van der Waals surface area contributed by atoms with Crippen LogP contribution in [0, 0.1) is 11.3 Å². The highest BCUT2D eigenvalue weighted by molar-refractivity contribution is 5.78. The van der Waals surface area contributed by atoms with Crippen LogP contribution in [0.1, 0.15) is 39.2 Å². The van der Waals surface area contributed by atoms with Gasteiger partial charge in [0, 0.05) is 49.6 Å². The van der Waals surface area contributed by atoms with E-state index in [1.165, 1.54) is 11.2 Å². The van der Waals surface area contributed by atoms with Crippen molar-refractivity contribution in [2.24, 2.45) is 11.6 Å². The van der Waals surface area contributed by atoms with Crippen LogP contribution in [0.2, 0.25) is 0 Å². The summed E-state index contributed by atoms with van der Waals surface area (Å²) in [7, 11) is 1.68. The standard InChI is InChI=1S/C23H31N9O2/c1-5-23(3,34-4)14-29-19-8-21(27-12-20(19)31(26)13-18(25)6-15(2)33)32-22-17(11-30-32)7-16(9-24)10-28-22/h7-8,10-13,15,33H,5-6,14,25-26H2,1-4H3,(H,27,29)/b18-13-. The van der Waals surface area contributed by atoms with Crippen molar-refractivity contribution in [3.63, 3.8) is 0 Å². The molecule has 34 heavy (non-hydrogen) atoms. The minimum atomic E-state index is -0.586. The first-order chi connectivity index (χ1) is 16.2. The van der Waals surface area contributed by atoms with E-state index in [-0.39, 0.29) is 6.42 Å². The largest absolute Gasteiger partial charge is 0.401 e. The smallest absolute Gasteiger partial charge is 0.164 e. The number of ether oxygens (including phenoxy) is 1. The number of nitrogens with zero attached hydrogens (tertiary/aromatic N) is 6. The molecule has 0 aromatic carbocycles. The predicted octanol–water partition coefficient (Wildman–Crippen LogP) is 2.17.